The molecule has 5 nitrogen and oxygen atoms in total. The fourth-order valence-electron chi connectivity index (χ4n) is 0.797. The molecular formula is C8H7FN2O3. The molecule has 0 unspecified atom stereocenters. The van der Waals surface area contributed by atoms with Crippen LogP contribution in [0.3, 0.4) is 0 Å². The normalized spacial score (nSPS) is 10.4. The number of nitrogens with zero attached hydrogens (tertiary/aromatic N) is 2. The van der Waals surface area contributed by atoms with Crippen LogP contribution in [0.5, 0.6) is 5.75 Å². The molecule has 0 aliphatic heterocycles. The number of rotatable bonds is 3. The van der Waals surface area contributed by atoms with E-state index in [4.69, 9.17) is 4.74 Å². The van der Waals surface area contributed by atoms with Gasteiger partial charge in [-0.25, -0.2) is 9.37 Å². The van der Waals surface area contributed by atoms with E-state index in [2.05, 4.69) is 4.98 Å². The van der Waals surface area contributed by atoms with Gasteiger partial charge in [-0.05, 0) is 0 Å². The van der Waals surface area contributed by atoms with Gasteiger partial charge in [0.1, 0.15) is 11.4 Å². The summed E-state index contributed by atoms with van der Waals surface area (Å²) in [6, 6.07) is 1.10. The van der Waals surface area contributed by atoms with Gasteiger partial charge in [0, 0.05) is 12.1 Å². The summed E-state index contributed by atoms with van der Waals surface area (Å²) >= 11 is 0. The molecule has 0 saturated carbocycles. The number of ether oxygens (including phenoxy) is 1. The predicted molar refractivity (Wildman–Crippen MR) is 46.8 cm³/mol. The fourth-order valence-corrected chi connectivity index (χ4v) is 0.797. The number of halogens is 1. The molecule has 0 aliphatic carbocycles. The first-order valence-corrected chi connectivity index (χ1v) is 3.64. The zero-order chi connectivity index (χ0) is 10.6. The summed E-state index contributed by atoms with van der Waals surface area (Å²) in [5, 5.41) is 9.95. The van der Waals surface area contributed by atoms with Crippen LogP contribution in [0.25, 0.3) is 6.08 Å². The highest BCUT2D eigenvalue weighted by atomic mass is 19.1. The van der Waals surface area contributed by atoms with Crippen molar-refractivity contribution in [3.8, 4) is 5.75 Å². The molecule has 0 saturated heterocycles. The minimum atomic E-state index is -0.689. The van der Waals surface area contributed by atoms with Crippen molar-refractivity contribution in [3.05, 3.63) is 40.1 Å². The van der Waals surface area contributed by atoms with Gasteiger partial charge in [0.2, 0.25) is 6.20 Å². The van der Waals surface area contributed by atoms with Crippen molar-refractivity contribution in [1.29, 1.82) is 0 Å². The lowest BCUT2D eigenvalue weighted by atomic mass is 10.3. The highest BCUT2D eigenvalue weighted by Gasteiger charge is 2.03. The second kappa shape index (κ2) is 4.31. The van der Waals surface area contributed by atoms with Crippen molar-refractivity contribution in [2.45, 2.75) is 0 Å². The Morgan fingerprint density at radius 2 is 2.43 bits per heavy atom. The van der Waals surface area contributed by atoms with Crippen LogP contribution in [0.2, 0.25) is 0 Å². The maximum absolute atomic E-state index is 13.1. The Bertz CT molecular complexity index is 379. The molecule has 0 radical (unpaired) electrons. The predicted octanol–water partition coefficient (Wildman–Crippen LogP) is 1.48. The van der Waals surface area contributed by atoms with E-state index in [1.165, 1.54) is 13.3 Å². The van der Waals surface area contributed by atoms with Crippen LogP contribution < -0.4 is 4.74 Å². The third kappa shape index (κ3) is 2.51. The SMILES string of the molecule is COc1cnc(C=C[N+](=O)[O-])c(F)c1. The second-order valence-electron chi connectivity index (χ2n) is 2.34. The Hall–Kier alpha value is -1.98. The van der Waals surface area contributed by atoms with Gasteiger partial charge in [0.25, 0.3) is 0 Å². The molecule has 0 aliphatic rings. The van der Waals surface area contributed by atoms with Gasteiger partial charge in [0.05, 0.1) is 18.2 Å². The first-order chi connectivity index (χ1) is 6.63. The summed E-state index contributed by atoms with van der Waals surface area (Å²) in [6.45, 7) is 0. The first kappa shape index (κ1) is 10.1. The van der Waals surface area contributed by atoms with E-state index in [-0.39, 0.29) is 11.4 Å². The monoisotopic (exact) mass is 198 g/mol. The molecule has 1 aromatic rings. The Morgan fingerprint density at radius 1 is 1.71 bits per heavy atom. The molecule has 6 heteroatoms. The summed E-state index contributed by atoms with van der Waals surface area (Å²) in [5.74, 6) is -0.400. The number of methoxy groups -OCH3 is 1. The number of aromatic nitrogens is 1. The van der Waals surface area contributed by atoms with Crippen molar-refractivity contribution < 1.29 is 14.1 Å². The van der Waals surface area contributed by atoms with E-state index in [0.717, 1.165) is 12.1 Å². The Balaban J connectivity index is 2.94. The molecule has 1 rings (SSSR count). The van der Waals surface area contributed by atoms with Crippen molar-refractivity contribution >= 4 is 6.08 Å². The van der Waals surface area contributed by atoms with Gasteiger partial charge in [-0.3, -0.25) is 10.1 Å². The quantitative estimate of drug-likeness (QED) is 0.545. The topological polar surface area (TPSA) is 65.3 Å². The van der Waals surface area contributed by atoms with Crippen LogP contribution >= 0.6 is 0 Å². The third-order valence-corrected chi connectivity index (χ3v) is 1.43. The Kier molecular flexibility index (Phi) is 3.11. The van der Waals surface area contributed by atoms with Crippen molar-refractivity contribution in [3.63, 3.8) is 0 Å². The van der Waals surface area contributed by atoms with E-state index in [0.29, 0.717) is 6.20 Å². The summed E-state index contributed by atoms with van der Waals surface area (Å²) in [4.78, 5) is 12.9. The fraction of sp³-hybridized carbons (Fsp3) is 0.125. The summed E-state index contributed by atoms with van der Waals surface area (Å²) < 4.78 is 17.8. The Morgan fingerprint density at radius 3 is 2.93 bits per heavy atom. The standard InChI is InChI=1S/C8H7FN2O3/c1-14-6-4-7(9)8(10-5-6)2-3-11(12)13/h2-5H,1H3. The van der Waals surface area contributed by atoms with Gasteiger partial charge in [-0.1, -0.05) is 0 Å². The molecule has 0 fully saturated rings. The lowest BCUT2D eigenvalue weighted by molar-refractivity contribution is -0.401. The van der Waals surface area contributed by atoms with Crippen LogP contribution in [-0.2, 0) is 0 Å². The first-order valence-electron chi connectivity index (χ1n) is 3.64. The molecule has 74 valence electrons. The van der Waals surface area contributed by atoms with Gasteiger partial charge in [0.15, 0.2) is 5.82 Å². The van der Waals surface area contributed by atoms with Gasteiger partial charge >= 0.3 is 0 Å². The van der Waals surface area contributed by atoms with E-state index in [1.807, 2.05) is 0 Å². The smallest absolute Gasteiger partial charge is 0.236 e. The third-order valence-electron chi connectivity index (χ3n) is 1.43. The molecule has 0 N–H and O–H groups in total. The summed E-state index contributed by atoms with van der Waals surface area (Å²) in [7, 11) is 1.38. The molecule has 0 spiro atoms. The lowest BCUT2D eigenvalue weighted by Gasteiger charge is -1.99. The lowest BCUT2D eigenvalue weighted by Crippen LogP contribution is -1.92. The van der Waals surface area contributed by atoms with Crippen LogP contribution in [0.15, 0.2) is 18.5 Å². The van der Waals surface area contributed by atoms with E-state index in [1.54, 1.807) is 0 Å². The average Bonchev–Trinajstić information content (AvgIpc) is 2.15. The molecule has 0 bridgehead atoms. The van der Waals surface area contributed by atoms with Crippen LogP contribution in [0, 0.1) is 15.9 Å². The minimum absolute atomic E-state index is 0.0949. The number of pyridine rings is 1. The van der Waals surface area contributed by atoms with E-state index >= 15 is 0 Å². The van der Waals surface area contributed by atoms with Crippen molar-refractivity contribution in [2.24, 2.45) is 0 Å². The van der Waals surface area contributed by atoms with Crippen LogP contribution in [-0.4, -0.2) is 17.0 Å². The van der Waals surface area contributed by atoms with Crippen molar-refractivity contribution in [1.82, 2.24) is 4.98 Å². The highest BCUT2D eigenvalue weighted by molar-refractivity contribution is 5.44. The number of hydrogen-bond acceptors (Lipinski definition) is 4. The average molecular weight is 198 g/mol. The van der Waals surface area contributed by atoms with Gasteiger partial charge in [-0.15, -0.1) is 0 Å². The second-order valence-corrected chi connectivity index (χ2v) is 2.34. The number of nitro groups is 1. The molecule has 0 atom stereocenters. The summed E-state index contributed by atoms with van der Waals surface area (Å²) in [6.07, 6.45) is 2.88. The highest BCUT2D eigenvalue weighted by Crippen LogP contribution is 2.13. The molecule has 14 heavy (non-hydrogen) atoms. The molecular weight excluding hydrogens is 191 g/mol. The minimum Gasteiger partial charge on any atom is -0.495 e. The van der Waals surface area contributed by atoms with Gasteiger partial charge in [-0.2, -0.15) is 0 Å². The zero-order valence-electron chi connectivity index (χ0n) is 7.31. The molecule has 1 heterocycles. The Labute approximate surface area is 79.0 Å². The summed E-state index contributed by atoms with van der Waals surface area (Å²) in [5.41, 5.74) is -0.0949. The largest absolute Gasteiger partial charge is 0.495 e. The van der Waals surface area contributed by atoms with E-state index < -0.39 is 10.7 Å². The van der Waals surface area contributed by atoms with Gasteiger partial charge < -0.3 is 4.74 Å². The van der Waals surface area contributed by atoms with Crippen molar-refractivity contribution in [2.75, 3.05) is 7.11 Å². The zero-order valence-corrected chi connectivity index (χ0v) is 7.31. The maximum atomic E-state index is 13.1. The van der Waals surface area contributed by atoms with Crippen LogP contribution in [0.1, 0.15) is 5.69 Å². The maximum Gasteiger partial charge on any atom is 0.236 e. The van der Waals surface area contributed by atoms with Crippen LogP contribution in [0.4, 0.5) is 4.39 Å². The van der Waals surface area contributed by atoms with E-state index in [9.17, 15) is 14.5 Å². The molecule has 0 amide bonds. The molecule has 1 aromatic heterocycles. The number of hydrogen-bond donors (Lipinski definition) is 0. The molecule has 0 aromatic carbocycles.